The van der Waals surface area contributed by atoms with Gasteiger partial charge < -0.3 is 14.5 Å². The lowest BCUT2D eigenvalue weighted by molar-refractivity contribution is -0.154. The van der Waals surface area contributed by atoms with E-state index in [1.54, 1.807) is 45.0 Å². The molecule has 2 heterocycles. The molecule has 0 spiro atoms. The first-order valence-corrected chi connectivity index (χ1v) is 14.1. The highest BCUT2D eigenvalue weighted by Crippen LogP contribution is 2.40. The number of para-hydroxylation sites is 1. The van der Waals surface area contributed by atoms with Crippen molar-refractivity contribution in [3.63, 3.8) is 0 Å². The van der Waals surface area contributed by atoms with Crippen LogP contribution in [0.3, 0.4) is 0 Å². The molecule has 0 aromatic heterocycles. The van der Waals surface area contributed by atoms with Crippen molar-refractivity contribution in [3.8, 4) is 5.75 Å². The van der Waals surface area contributed by atoms with Gasteiger partial charge in [0.05, 0.1) is 29.5 Å². The average molecular weight is 461 g/mol. The third kappa shape index (κ3) is 4.10. The topological polar surface area (TPSA) is 84.9 Å². The molecule has 0 bridgehead atoms. The quantitative estimate of drug-likeness (QED) is 0.531. The molecule has 3 rings (SSSR count). The molecule has 0 saturated carbocycles. The van der Waals surface area contributed by atoms with E-state index in [1.807, 2.05) is 6.92 Å². The van der Waals surface area contributed by atoms with Crippen LogP contribution in [0.25, 0.3) is 0 Å². The first kappa shape index (κ1) is 24.4. The zero-order chi connectivity index (χ0) is 24.2. The Morgan fingerprint density at radius 1 is 1.19 bits per heavy atom. The minimum Gasteiger partial charge on any atom is -0.467 e. The first-order valence-electron chi connectivity index (χ1n) is 11.2. The summed E-state index contributed by atoms with van der Waals surface area (Å²) in [5.74, 6) is -1.47. The Kier molecular flexibility index (Phi) is 6.10. The largest absolute Gasteiger partial charge is 0.467 e. The third-order valence-electron chi connectivity index (χ3n) is 7.16. The molecule has 2 aliphatic rings. The minimum atomic E-state index is -2.09. The number of nitrogens with one attached hydrogen (secondary N) is 1. The van der Waals surface area contributed by atoms with Crippen LogP contribution >= 0.6 is 0 Å². The average Bonchev–Trinajstić information content (AvgIpc) is 2.63. The highest BCUT2D eigenvalue weighted by atomic mass is 28.4. The second-order valence-electron chi connectivity index (χ2n) is 11.0. The molecule has 1 N–H and O–H groups in total. The normalized spacial score (nSPS) is 24.6. The molecule has 32 heavy (non-hydrogen) atoms. The van der Waals surface area contributed by atoms with Gasteiger partial charge in [-0.25, -0.2) is 4.90 Å². The molecule has 2 aliphatic heterocycles. The Labute approximate surface area is 192 Å². The zero-order valence-electron chi connectivity index (χ0n) is 20.6. The second kappa shape index (κ2) is 7.99. The van der Waals surface area contributed by atoms with E-state index >= 15 is 0 Å². The number of carbonyl (C=O) groups excluding carboxylic acids is 3. The van der Waals surface area contributed by atoms with Gasteiger partial charge >= 0.3 is 0 Å². The van der Waals surface area contributed by atoms with E-state index in [1.165, 1.54) is 4.90 Å². The van der Waals surface area contributed by atoms with Crippen molar-refractivity contribution in [3.05, 3.63) is 29.8 Å². The maximum absolute atomic E-state index is 13.5. The number of carbonyl (C=O) groups is 3. The van der Waals surface area contributed by atoms with Gasteiger partial charge in [0, 0.05) is 0 Å². The summed E-state index contributed by atoms with van der Waals surface area (Å²) in [5.41, 5.74) is -0.778. The van der Waals surface area contributed by atoms with Crippen LogP contribution in [0.5, 0.6) is 5.75 Å². The molecule has 8 heteroatoms. The number of nitrogens with zero attached hydrogens (tertiary/aromatic N) is 1. The fraction of sp³-hybridized carbons (Fsp3) is 0.625. The van der Waals surface area contributed by atoms with Gasteiger partial charge in [0.15, 0.2) is 14.0 Å². The smallest absolute Gasteiger partial charge is 0.267 e. The number of ether oxygens (including phenoxy) is 1. The highest BCUT2D eigenvalue weighted by Gasteiger charge is 2.53. The molecule has 1 fully saturated rings. The van der Waals surface area contributed by atoms with Crippen LogP contribution in [0.2, 0.25) is 18.1 Å². The van der Waals surface area contributed by atoms with Gasteiger partial charge in [-0.2, -0.15) is 0 Å². The second-order valence-corrected chi connectivity index (χ2v) is 15.7. The summed E-state index contributed by atoms with van der Waals surface area (Å²) >= 11 is 0. The van der Waals surface area contributed by atoms with Crippen molar-refractivity contribution >= 4 is 26.0 Å². The van der Waals surface area contributed by atoms with E-state index in [-0.39, 0.29) is 28.9 Å². The Morgan fingerprint density at radius 3 is 2.34 bits per heavy atom. The molecule has 0 aliphatic carbocycles. The lowest BCUT2D eigenvalue weighted by atomic mass is 9.78. The number of hydrogen-bond acceptors (Lipinski definition) is 5. The van der Waals surface area contributed by atoms with Crippen LogP contribution in [0.1, 0.15) is 58.8 Å². The van der Waals surface area contributed by atoms with Crippen LogP contribution in [0.4, 0.5) is 0 Å². The van der Waals surface area contributed by atoms with Gasteiger partial charge in [0.2, 0.25) is 11.8 Å². The number of benzene rings is 1. The minimum absolute atomic E-state index is 0.00733. The van der Waals surface area contributed by atoms with Crippen LogP contribution in [-0.4, -0.2) is 48.8 Å². The molecule has 4 atom stereocenters. The summed E-state index contributed by atoms with van der Waals surface area (Å²) in [4.78, 5) is 40.4. The number of amides is 3. The lowest BCUT2D eigenvalue weighted by Gasteiger charge is -2.48. The van der Waals surface area contributed by atoms with Gasteiger partial charge in [-0.05, 0) is 51.0 Å². The van der Waals surface area contributed by atoms with Gasteiger partial charge in [-0.3, -0.25) is 14.4 Å². The summed E-state index contributed by atoms with van der Waals surface area (Å²) in [6.45, 7) is 17.8. The van der Waals surface area contributed by atoms with Gasteiger partial charge in [0.25, 0.3) is 5.91 Å². The predicted molar refractivity (Wildman–Crippen MR) is 125 cm³/mol. The summed E-state index contributed by atoms with van der Waals surface area (Å²) in [7, 11) is -2.09. The molecular weight excluding hydrogens is 424 g/mol. The third-order valence-corrected chi connectivity index (χ3v) is 11.7. The van der Waals surface area contributed by atoms with Gasteiger partial charge in [0.1, 0.15) is 5.75 Å². The first-order chi connectivity index (χ1) is 14.6. The van der Waals surface area contributed by atoms with E-state index in [2.05, 4.69) is 39.2 Å². The van der Waals surface area contributed by atoms with Crippen LogP contribution in [0.15, 0.2) is 24.3 Å². The van der Waals surface area contributed by atoms with E-state index in [9.17, 15) is 14.4 Å². The fourth-order valence-electron chi connectivity index (χ4n) is 4.21. The Morgan fingerprint density at radius 2 is 1.78 bits per heavy atom. The van der Waals surface area contributed by atoms with Crippen LogP contribution in [0, 0.1) is 11.8 Å². The van der Waals surface area contributed by atoms with E-state index in [0.717, 1.165) is 0 Å². The van der Waals surface area contributed by atoms with Crippen molar-refractivity contribution < 1.29 is 23.5 Å². The summed E-state index contributed by atoms with van der Waals surface area (Å²) < 4.78 is 12.4. The maximum Gasteiger partial charge on any atom is 0.267 e. The molecule has 1 saturated heterocycles. The Balaban J connectivity index is 1.81. The molecule has 0 radical (unpaired) electrons. The van der Waals surface area contributed by atoms with Crippen molar-refractivity contribution in [1.82, 2.24) is 10.2 Å². The summed E-state index contributed by atoms with van der Waals surface area (Å²) in [6.07, 6.45) is -0.327. The molecule has 7 nitrogen and oxygen atoms in total. The predicted octanol–water partition coefficient (Wildman–Crippen LogP) is 3.94. The van der Waals surface area contributed by atoms with Crippen LogP contribution < -0.4 is 10.1 Å². The monoisotopic (exact) mass is 460 g/mol. The van der Waals surface area contributed by atoms with Crippen molar-refractivity contribution in [2.75, 3.05) is 0 Å². The molecule has 176 valence electrons. The Hall–Kier alpha value is -2.19. The van der Waals surface area contributed by atoms with Gasteiger partial charge in [-0.15, -0.1) is 0 Å². The summed E-state index contributed by atoms with van der Waals surface area (Å²) in [6, 6.07) is 6.51. The Bertz CT molecular complexity index is 937. The van der Waals surface area contributed by atoms with Gasteiger partial charge in [-0.1, -0.05) is 39.8 Å². The molecule has 1 aromatic rings. The molecule has 2 unspecified atom stereocenters. The molecule has 1 aromatic carbocycles. The number of fused-ring (bicyclic) bond motifs is 1. The van der Waals surface area contributed by atoms with Crippen molar-refractivity contribution in [2.45, 2.75) is 84.5 Å². The zero-order valence-corrected chi connectivity index (χ0v) is 21.6. The van der Waals surface area contributed by atoms with E-state index in [4.69, 9.17) is 9.16 Å². The standard InChI is InChI=1S/C24H36N2O5Si/c1-14(19-18(20(27)25-19)15(2)31-32(8,9)23(3,4)5)21(28)26-22(29)16-12-10-11-13-17(16)30-24(26,6)7/h10-15,18-19H,1-9H3,(H,25,27)/t14-,15?,18?,19-/m1/s1. The molecular formula is C24H36N2O5Si. The number of hydrogen-bond donors (Lipinski definition) is 1. The van der Waals surface area contributed by atoms with Crippen LogP contribution in [-0.2, 0) is 14.0 Å². The SMILES string of the molecule is CC(O[Si](C)(C)C(C)(C)C)C1C(=O)N[C@@H]1[C@@H](C)C(=O)N1C(=O)c2ccccc2OC1(C)C. The maximum atomic E-state index is 13.5. The fourth-order valence-corrected chi connectivity index (χ4v) is 5.64. The number of β-lactam (4-membered cyclic amide) rings is 1. The lowest BCUT2D eigenvalue weighted by Crippen LogP contribution is -2.69. The summed E-state index contributed by atoms with van der Waals surface area (Å²) in [5, 5.41) is 2.88. The van der Waals surface area contributed by atoms with Crippen molar-refractivity contribution in [2.24, 2.45) is 11.8 Å². The van der Waals surface area contributed by atoms with E-state index < -0.39 is 31.9 Å². The number of imide groups is 1. The van der Waals surface area contributed by atoms with Crippen molar-refractivity contribution in [1.29, 1.82) is 0 Å². The highest BCUT2D eigenvalue weighted by molar-refractivity contribution is 6.74. The van der Waals surface area contributed by atoms with E-state index in [0.29, 0.717) is 11.3 Å². The number of rotatable bonds is 5. The molecule has 3 amide bonds.